The van der Waals surface area contributed by atoms with E-state index in [1.54, 1.807) is 18.2 Å². The van der Waals surface area contributed by atoms with Crippen LogP contribution in [-0.4, -0.2) is 12.2 Å². The molecule has 0 saturated carbocycles. The van der Waals surface area contributed by atoms with E-state index in [1.165, 1.54) is 13.2 Å². The Morgan fingerprint density at radius 2 is 1.90 bits per heavy atom. The summed E-state index contributed by atoms with van der Waals surface area (Å²) in [6.45, 7) is 1.82. The first kappa shape index (κ1) is 14.9. The lowest BCUT2D eigenvalue weighted by Crippen LogP contribution is -2.08. The summed E-state index contributed by atoms with van der Waals surface area (Å²) in [5.74, 6) is -1.25. The molecule has 0 spiro atoms. The Balaban J connectivity index is 2.60. The Morgan fingerprint density at radius 3 is 2.55 bits per heavy atom. The van der Waals surface area contributed by atoms with Gasteiger partial charge in [-0.1, -0.05) is 11.6 Å². The van der Waals surface area contributed by atoms with E-state index in [9.17, 15) is 13.9 Å². The van der Waals surface area contributed by atoms with Crippen molar-refractivity contribution in [1.29, 1.82) is 0 Å². The van der Waals surface area contributed by atoms with Crippen molar-refractivity contribution in [2.75, 3.05) is 7.11 Å². The highest BCUT2D eigenvalue weighted by atomic mass is 79.9. The highest BCUT2D eigenvalue weighted by Crippen LogP contribution is 2.35. The normalized spacial score (nSPS) is 12.3. The molecule has 0 bridgehead atoms. The SMILES string of the molecule is COc1ccc(C)cc1C(O)c1c(F)ccc(Br)c1F. The van der Waals surface area contributed by atoms with Crippen LogP contribution in [0.4, 0.5) is 8.78 Å². The highest BCUT2D eigenvalue weighted by molar-refractivity contribution is 9.10. The van der Waals surface area contributed by atoms with E-state index >= 15 is 0 Å². The van der Waals surface area contributed by atoms with E-state index < -0.39 is 23.3 Å². The molecule has 0 aliphatic heterocycles. The van der Waals surface area contributed by atoms with Crippen LogP contribution in [0.3, 0.4) is 0 Å². The van der Waals surface area contributed by atoms with Crippen LogP contribution in [0.2, 0.25) is 0 Å². The Kier molecular flexibility index (Phi) is 4.40. The van der Waals surface area contributed by atoms with Crippen LogP contribution in [-0.2, 0) is 0 Å². The number of aliphatic hydroxyl groups is 1. The molecule has 2 nitrogen and oxygen atoms in total. The van der Waals surface area contributed by atoms with Crippen molar-refractivity contribution in [3.8, 4) is 5.75 Å². The molecule has 20 heavy (non-hydrogen) atoms. The van der Waals surface area contributed by atoms with Crippen LogP contribution in [0, 0.1) is 18.6 Å². The van der Waals surface area contributed by atoms with Gasteiger partial charge in [-0.25, -0.2) is 8.78 Å². The number of halogens is 3. The topological polar surface area (TPSA) is 29.5 Å². The maximum atomic E-state index is 14.0. The number of aryl methyl sites for hydroxylation is 1. The van der Waals surface area contributed by atoms with E-state index in [2.05, 4.69) is 15.9 Å². The summed E-state index contributed by atoms with van der Waals surface area (Å²) in [6.07, 6.45) is -1.44. The first-order valence-corrected chi connectivity index (χ1v) is 6.71. The number of benzene rings is 2. The first-order valence-electron chi connectivity index (χ1n) is 5.91. The molecule has 1 N–H and O–H groups in total. The predicted octanol–water partition coefficient (Wildman–Crippen LogP) is 4.13. The second-order valence-corrected chi connectivity index (χ2v) is 5.26. The van der Waals surface area contributed by atoms with Gasteiger partial charge in [-0.05, 0) is 47.1 Å². The zero-order chi connectivity index (χ0) is 14.9. The summed E-state index contributed by atoms with van der Waals surface area (Å²) in [7, 11) is 1.44. The zero-order valence-corrected chi connectivity index (χ0v) is 12.5. The largest absolute Gasteiger partial charge is 0.496 e. The molecule has 0 aliphatic carbocycles. The molecule has 2 aromatic carbocycles. The third-order valence-electron chi connectivity index (χ3n) is 3.03. The van der Waals surface area contributed by atoms with Crippen molar-refractivity contribution in [2.45, 2.75) is 13.0 Å². The van der Waals surface area contributed by atoms with Gasteiger partial charge in [0.25, 0.3) is 0 Å². The monoisotopic (exact) mass is 342 g/mol. The van der Waals surface area contributed by atoms with Gasteiger partial charge in [-0.3, -0.25) is 0 Å². The molecule has 2 aromatic rings. The Labute approximate surface area is 124 Å². The Morgan fingerprint density at radius 1 is 1.20 bits per heavy atom. The van der Waals surface area contributed by atoms with Gasteiger partial charge in [0, 0.05) is 5.56 Å². The van der Waals surface area contributed by atoms with Crippen molar-refractivity contribution in [3.05, 3.63) is 63.1 Å². The molecule has 106 valence electrons. The molecule has 0 fully saturated rings. The number of ether oxygens (including phenoxy) is 1. The van der Waals surface area contributed by atoms with Crippen LogP contribution in [0.15, 0.2) is 34.8 Å². The molecule has 0 heterocycles. The van der Waals surface area contributed by atoms with Crippen LogP contribution < -0.4 is 4.74 Å². The summed E-state index contributed by atoms with van der Waals surface area (Å²) in [5.41, 5.74) is 0.780. The third-order valence-corrected chi connectivity index (χ3v) is 3.65. The maximum absolute atomic E-state index is 14.0. The minimum atomic E-state index is -1.44. The summed E-state index contributed by atoms with van der Waals surface area (Å²) >= 11 is 2.99. The number of methoxy groups -OCH3 is 1. The quantitative estimate of drug-likeness (QED) is 0.850. The lowest BCUT2D eigenvalue weighted by atomic mass is 9.98. The van der Waals surface area contributed by atoms with Crippen molar-refractivity contribution in [3.63, 3.8) is 0 Å². The van der Waals surface area contributed by atoms with Crippen molar-refractivity contribution >= 4 is 15.9 Å². The van der Waals surface area contributed by atoms with E-state index in [4.69, 9.17) is 4.74 Å². The predicted molar refractivity (Wildman–Crippen MR) is 75.9 cm³/mol. The fourth-order valence-electron chi connectivity index (χ4n) is 2.02. The summed E-state index contributed by atoms with van der Waals surface area (Å²) in [6, 6.07) is 7.45. The molecule has 0 aliphatic rings. The Bertz CT molecular complexity index is 644. The van der Waals surface area contributed by atoms with E-state index in [-0.39, 0.29) is 4.47 Å². The van der Waals surface area contributed by atoms with Crippen LogP contribution in [0.1, 0.15) is 22.8 Å². The molecular formula is C15H13BrF2O2. The smallest absolute Gasteiger partial charge is 0.146 e. The summed E-state index contributed by atoms with van der Waals surface area (Å²) in [4.78, 5) is 0. The van der Waals surface area contributed by atoms with E-state index in [0.29, 0.717) is 11.3 Å². The molecular weight excluding hydrogens is 330 g/mol. The van der Waals surface area contributed by atoms with Gasteiger partial charge in [-0.2, -0.15) is 0 Å². The lowest BCUT2D eigenvalue weighted by Gasteiger charge is -2.17. The number of hydrogen-bond acceptors (Lipinski definition) is 2. The maximum Gasteiger partial charge on any atom is 0.146 e. The molecule has 0 aromatic heterocycles. The number of rotatable bonds is 3. The molecule has 0 amide bonds. The molecule has 5 heteroatoms. The second-order valence-electron chi connectivity index (χ2n) is 4.40. The molecule has 0 radical (unpaired) electrons. The summed E-state index contributed by atoms with van der Waals surface area (Å²) in [5, 5.41) is 10.3. The Hall–Kier alpha value is -1.46. The van der Waals surface area contributed by atoms with Gasteiger partial charge in [0.1, 0.15) is 23.5 Å². The minimum Gasteiger partial charge on any atom is -0.496 e. The standard InChI is InChI=1S/C15H13BrF2O2/c1-8-3-6-12(20-2)9(7-8)15(19)13-11(17)5-4-10(16)14(13)18/h3-7,15,19H,1-2H3. The van der Waals surface area contributed by atoms with Crippen LogP contribution in [0.5, 0.6) is 5.75 Å². The van der Waals surface area contributed by atoms with Gasteiger partial charge in [-0.15, -0.1) is 0 Å². The van der Waals surface area contributed by atoms with Gasteiger partial charge in [0.05, 0.1) is 17.1 Å². The second kappa shape index (κ2) is 5.89. The number of hydrogen-bond donors (Lipinski definition) is 1. The van der Waals surface area contributed by atoms with Gasteiger partial charge >= 0.3 is 0 Å². The van der Waals surface area contributed by atoms with Crippen molar-refractivity contribution < 1.29 is 18.6 Å². The van der Waals surface area contributed by atoms with Gasteiger partial charge in [0.2, 0.25) is 0 Å². The average molecular weight is 343 g/mol. The first-order chi connectivity index (χ1) is 9.45. The number of aliphatic hydroxyl groups excluding tert-OH is 1. The molecule has 1 atom stereocenters. The van der Waals surface area contributed by atoms with Crippen LogP contribution >= 0.6 is 15.9 Å². The summed E-state index contributed by atoms with van der Waals surface area (Å²) < 4.78 is 33.1. The molecule has 0 saturated heterocycles. The third kappa shape index (κ3) is 2.69. The minimum absolute atomic E-state index is 0.0968. The fourth-order valence-corrected chi connectivity index (χ4v) is 2.36. The fraction of sp³-hybridized carbons (Fsp3) is 0.200. The average Bonchev–Trinajstić information content (AvgIpc) is 2.43. The van der Waals surface area contributed by atoms with E-state index in [0.717, 1.165) is 11.6 Å². The molecule has 1 unspecified atom stereocenters. The molecule has 2 rings (SSSR count). The van der Waals surface area contributed by atoms with Crippen LogP contribution in [0.25, 0.3) is 0 Å². The highest BCUT2D eigenvalue weighted by Gasteiger charge is 2.24. The van der Waals surface area contributed by atoms with Gasteiger partial charge in [0.15, 0.2) is 0 Å². The van der Waals surface area contributed by atoms with E-state index in [1.807, 2.05) is 6.92 Å². The van der Waals surface area contributed by atoms with Crippen molar-refractivity contribution in [1.82, 2.24) is 0 Å². The van der Waals surface area contributed by atoms with Gasteiger partial charge < -0.3 is 9.84 Å². The zero-order valence-electron chi connectivity index (χ0n) is 11.0. The van der Waals surface area contributed by atoms with Crippen molar-refractivity contribution in [2.24, 2.45) is 0 Å². The lowest BCUT2D eigenvalue weighted by molar-refractivity contribution is 0.203.